The minimum Gasteiger partial charge on any atom is -0.378 e. The van der Waals surface area contributed by atoms with Crippen molar-refractivity contribution in [1.29, 1.82) is 0 Å². The Morgan fingerprint density at radius 2 is 1.73 bits per heavy atom. The maximum Gasteiger partial charge on any atom is 0.224 e. The van der Waals surface area contributed by atoms with Gasteiger partial charge in [0.25, 0.3) is 0 Å². The molecule has 0 radical (unpaired) electrons. The van der Waals surface area contributed by atoms with Gasteiger partial charge in [0.05, 0.1) is 6.42 Å². The number of anilines is 1. The summed E-state index contributed by atoms with van der Waals surface area (Å²) in [7, 11) is 4.02. The van der Waals surface area contributed by atoms with Gasteiger partial charge in [0.1, 0.15) is 5.78 Å². The zero-order chi connectivity index (χ0) is 18.9. The number of benzene rings is 1. The molecular formula is C22H34N2O2. The lowest BCUT2D eigenvalue weighted by molar-refractivity contribution is -0.124. The van der Waals surface area contributed by atoms with Crippen LogP contribution < -0.4 is 10.2 Å². The van der Waals surface area contributed by atoms with E-state index >= 15 is 0 Å². The molecule has 1 aliphatic rings. The van der Waals surface area contributed by atoms with Crippen molar-refractivity contribution in [3.8, 4) is 0 Å². The molecule has 0 atom stereocenters. The van der Waals surface area contributed by atoms with Gasteiger partial charge in [-0.25, -0.2) is 0 Å². The molecule has 1 amide bonds. The van der Waals surface area contributed by atoms with Gasteiger partial charge in [0, 0.05) is 38.7 Å². The van der Waals surface area contributed by atoms with Gasteiger partial charge in [0.2, 0.25) is 5.91 Å². The van der Waals surface area contributed by atoms with Crippen molar-refractivity contribution in [3.63, 3.8) is 0 Å². The molecule has 2 rings (SSSR count). The molecule has 4 nitrogen and oxygen atoms in total. The number of nitrogens with zero attached hydrogens (tertiary/aromatic N) is 1. The van der Waals surface area contributed by atoms with Gasteiger partial charge in [-0.1, -0.05) is 25.5 Å². The van der Waals surface area contributed by atoms with Crippen molar-refractivity contribution >= 4 is 17.4 Å². The summed E-state index contributed by atoms with van der Waals surface area (Å²) in [5.41, 5.74) is 2.18. The predicted octanol–water partition coefficient (Wildman–Crippen LogP) is 3.98. The number of Topliss-reactive ketones (excluding diaryl/α,β-unsaturated/α-hetero) is 1. The molecule has 1 saturated carbocycles. The lowest BCUT2D eigenvalue weighted by atomic mass is 9.79. The highest BCUT2D eigenvalue weighted by Crippen LogP contribution is 2.30. The number of carbonyl (C=O) groups is 2. The highest BCUT2D eigenvalue weighted by molar-refractivity contribution is 5.81. The lowest BCUT2D eigenvalue weighted by Gasteiger charge is -2.27. The van der Waals surface area contributed by atoms with E-state index in [1.807, 2.05) is 43.3 Å². The second-order valence-corrected chi connectivity index (χ2v) is 7.83. The van der Waals surface area contributed by atoms with Crippen LogP contribution in [0.1, 0.15) is 57.4 Å². The fourth-order valence-electron chi connectivity index (χ4n) is 3.66. The van der Waals surface area contributed by atoms with E-state index < -0.39 is 0 Å². The number of hydrogen-bond donors (Lipinski definition) is 1. The quantitative estimate of drug-likeness (QED) is 0.726. The Balaban J connectivity index is 1.67. The summed E-state index contributed by atoms with van der Waals surface area (Å²) in [4.78, 5) is 26.4. The molecule has 0 saturated heterocycles. The van der Waals surface area contributed by atoms with Gasteiger partial charge in [-0.05, 0) is 55.7 Å². The monoisotopic (exact) mass is 358 g/mol. The van der Waals surface area contributed by atoms with Crippen LogP contribution in [-0.4, -0.2) is 32.3 Å². The van der Waals surface area contributed by atoms with Crippen molar-refractivity contribution in [2.75, 3.05) is 25.5 Å². The Bertz CT molecular complexity index is 572. The van der Waals surface area contributed by atoms with E-state index in [1.54, 1.807) is 0 Å². The Labute approximate surface area is 158 Å². The second kappa shape index (κ2) is 10.3. The molecule has 0 heterocycles. The number of hydrogen-bond acceptors (Lipinski definition) is 3. The van der Waals surface area contributed by atoms with E-state index in [9.17, 15) is 9.59 Å². The SMILES string of the molecule is CCCCC(=O)C1CCC(CNC(=O)Cc2ccc(N(C)C)cc2)CC1. The van der Waals surface area contributed by atoms with Crippen LogP contribution in [0, 0.1) is 11.8 Å². The van der Waals surface area contributed by atoms with E-state index in [2.05, 4.69) is 12.2 Å². The van der Waals surface area contributed by atoms with Crippen LogP contribution in [0.2, 0.25) is 0 Å². The third-order valence-electron chi connectivity index (χ3n) is 5.48. The third-order valence-corrected chi connectivity index (χ3v) is 5.48. The topological polar surface area (TPSA) is 49.4 Å². The van der Waals surface area contributed by atoms with E-state index in [1.165, 1.54) is 0 Å². The standard InChI is InChI=1S/C22H34N2O2/c1-4-5-6-21(25)19-11-7-18(8-12-19)16-23-22(26)15-17-9-13-20(14-10-17)24(2)3/h9-10,13-14,18-19H,4-8,11-12,15-16H2,1-3H3,(H,23,26). The summed E-state index contributed by atoms with van der Waals surface area (Å²) in [6.07, 6.45) is 7.38. The van der Waals surface area contributed by atoms with E-state index in [-0.39, 0.29) is 11.8 Å². The minimum absolute atomic E-state index is 0.0868. The highest BCUT2D eigenvalue weighted by Gasteiger charge is 2.25. The first-order chi connectivity index (χ1) is 12.5. The Hall–Kier alpha value is -1.84. The molecule has 1 aromatic rings. The number of carbonyl (C=O) groups excluding carboxylic acids is 2. The van der Waals surface area contributed by atoms with E-state index in [4.69, 9.17) is 0 Å². The second-order valence-electron chi connectivity index (χ2n) is 7.83. The molecule has 26 heavy (non-hydrogen) atoms. The van der Waals surface area contributed by atoms with E-state index in [0.717, 1.165) is 62.7 Å². The van der Waals surface area contributed by atoms with Gasteiger partial charge in [-0.3, -0.25) is 9.59 Å². The fraction of sp³-hybridized carbons (Fsp3) is 0.636. The number of amides is 1. The van der Waals surface area contributed by atoms with Crippen molar-refractivity contribution in [1.82, 2.24) is 5.32 Å². The Morgan fingerprint density at radius 1 is 1.08 bits per heavy atom. The molecule has 144 valence electrons. The Morgan fingerprint density at radius 3 is 2.31 bits per heavy atom. The average Bonchev–Trinajstić information content (AvgIpc) is 2.65. The third kappa shape index (κ3) is 6.47. The lowest BCUT2D eigenvalue weighted by Crippen LogP contribution is -2.33. The van der Waals surface area contributed by atoms with Gasteiger partial charge in [-0.15, -0.1) is 0 Å². The summed E-state index contributed by atoms with van der Waals surface area (Å²) in [5, 5.41) is 3.08. The smallest absolute Gasteiger partial charge is 0.224 e. The summed E-state index contributed by atoms with van der Waals surface area (Å²) in [5.74, 6) is 1.33. The van der Waals surface area contributed by atoms with Crippen molar-refractivity contribution in [2.24, 2.45) is 11.8 Å². The minimum atomic E-state index is 0.0868. The maximum atomic E-state index is 12.2. The molecule has 0 unspecified atom stereocenters. The average molecular weight is 359 g/mol. The van der Waals surface area contributed by atoms with Crippen molar-refractivity contribution in [3.05, 3.63) is 29.8 Å². The molecule has 1 N–H and O–H groups in total. The summed E-state index contributed by atoms with van der Waals surface area (Å²) in [6, 6.07) is 8.11. The van der Waals surface area contributed by atoms with E-state index in [0.29, 0.717) is 18.1 Å². The summed E-state index contributed by atoms with van der Waals surface area (Å²) in [6.45, 7) is 2.87. The summed E-state index contributed by atoms with van der Waals surface area (Å²) >= 11 is 0. The maximum absolute atomic E-state index is 12.2. The largest absolute Gasteiger partial charge is 0.378 e. The number of nitrogens with one attached hydrogen (secondary N) is 1. The molecule has 4 heteroatoms. The number of ketones is 1. The summed E-state index contributed by atoms with van der Waals surface area (Å²) < 4.78 is 0. The highest BCUT2D eigenvalue weighted by atomic mass is 16.1. The first kappa shape index (κ1) is 20.5. The van der Waals surface area contributed by atoms with Crippen LogP contribution in [0.4, 0.5) is 5.69 Å². The van der Waals surface area contributed by atoms with Crippen molar-refractivity contribution in [2.45, 2.75) is 58.3 Å². The van der Waals surface area contributed by atoms with Gasteiger partial charge >= 0.3 is 0 Å². The first-order valence-electron chi connectivity index (χ1n) is 10.0. The van der Waals surface area contributed by atoms with Gasteiger partial charge in [-0.2, -0.15) is 0 Å². The van der Waals surface area contributed by atoms with Crippen LogP contribution in [0.3, 0.4) is 0 Å². The molecule has 1 aromatic carbocycles. The van der Waals surface area contributed by atoms with Crippen LogP contribution in [0.5, 0.6) is 0 Å². The molecule has 0 bridgehead atoms. The first-order valence-corrected chi connectivity index (χ1v) is 10.0. The molecule has 0 aromatic heterocycles. The molecule has 1 aliphatic carbocycles. The molecular weight excluding hydrogens is 324 g/mol. The Kier molecular flexibility index (Phi) is 8.14. The van der Waals surface area contributed by atoms with Crippen LogP contribution in [-0.2, 0) is 16.0 Å². The van der Waals surface area contributed by atoms with Crippen LogP contribution in [0.25, 0.3) is 0 Å². The number of unbranched alkanes of at least 4 members (excludes halogenated alkanes) is 1. The predicted molar refractivity (Wildman–Crippen MR) is 107 cm³/mol. The zero-order valence-corrected chi connectivity index (χ0v) is 16.6. The van der Waals surface area contributed by atoms with Crippen LogP contribution >= 0.6 is 0 Å². The zero-order valence-electron chi connectivity index (χ0n) is 16.6. The van der Waals surface area contributed by atoms with Crippen molar-refractivity contribution < 1.29 is 9.59 Å². The van der Waals surface area contributed by atoms with Gasteiger partial charge in [0.15, 0.2) is 0 Å². The fourth-order valence-corrected chi connectivity index (χ4v) is 3.66. The molecule has 0 spiro atoms. The number of rotatable bonds is 9. The van der Waals surface area contributed by atoms with Gasteiger partial charge < -0.3 is 10.2 Å². The normalized spacial score (nSPS) is 19.8. The molecule has 0 aliphatic heterocycles. The van der Waals surface area contributed by atoms with Crippen LogP contribution in [0.15, 0.2) is 24.3 Å². The molecule has 1 fully saturated rings.